The molecular formula is C26H26ClN3. The molecule has 30 heavy (non-hydrogen) atoms. The second-order valence-corrected chi connectivity index (χ2v) is 8.19. The normalized spacial score (nSPS) is 15.0. The van der Waals surface area contributed by atoms with Crippen LogP contribution in [0.25, 0.3) is 0 Å². The van der Waals surface area contributed by atoms with E-state index in [1.165, 1.54) is 0 Å². The maximum Gasteiger partial charge on any atom is 0.108 e. The van der Waals surface area contributed by atoms with E-state index in [1.54, 1.807) is 0 Å². The van der Waals surface area contributed by atoms with Crippen LogP contribution in [0.2, 0.25) is 5.02 Å². The average molecular weight is 416 g/mol. The summed E-state index contributed by atoms with van der Waals surface area (Å²) >= 11 is 6.38. The fourth-order valence-electron chi connectivity index (χ4n) is 4.33. The topological polar surface area (TPSA) is 30.3 Å². The van der Waals surface area contributed by atoms with Gasteiger partial charge in [-0.1, -0.05) is 84.4 Å². The van der Waals surface area contributed by atoms with E-state index >= 15 is 0 Å². The molecule has 0 amide bonds. The van der Waals surface area contributed by atoms with Crippen LogP contribution in [0.1, 0.15) is 17.5 Å². The van der Waals surface area contributed by atoms with Crippen LogP contribution in [0.15, 0.2) is 84.9 Å². The molecule has 1 heterocycles. The highest BCUT2D eigenvalue weighted by Crippen LogP contribution is 2.35. The van der Waals surface area contributed by atoms with Crippen molar-refractivity contribution >= 4 is 17.3 Å². The maximum atomic E-state index is 10.3. The Hall–Kier alpha value is -2.80. The summed E-state index contributed by atoms with van der Waals surface area (Å²) in [6.45, 7) is 4.71. The summed E-state index contributed by atoms with van der Waals surface area (Å²) < 4.78 is 0. The lowest BCUT2D eigenvalue weighted by atomic mass is 9.73. The number of anilines is 1. The molecule has 3 aromatic rings. The Balaban J connectivity index is 1.48. The SMILES string of the molecule is N#CC(CCN1CCN(c2ccccc2Cl)CC1)(c1ccccc1)c1ccccc1. The molecule has 0 bridgehead atoms. The van der Waals surface area contributed by atoms with Crippen LogP contribution in [-0.2, 0) is 5.41 Å². The molecule has 0 atom stereocenters. The number of rotatable bonds is 6. The quantitative estimate of drug-likeness (QED) is 0.542. The fraction of sp³-hybridized carbons (Fsp3) is 0.269. The molecule has 0 aromatic heterocycles. The van der Waals surface area contributed by atoms with Crippen LogP contribution >= 0.6 is 11.6 Å². The minimum absolute atomic E-state index is 0.637. The number of nitrogens with zero attached hydrogens (tertiary/aromatic N) is 3. The van der Waals surface area contributed by atoms with Crippen LogP contribution in [0, 0.1) is 11.3 Å². The molecule has 1 saturated heterocycles. The van der Waals surface area contributed by atoms with Crippen molar-refractivity contribution < 1.29 is 0 Å². The first-order valence-electron chi connectivity index (χ1n) is 10.5. The number of para-hydroxylation sites is 1. The van der Waals surface area contributed by atoms with E-state index in [-0.39, 0.29) is 0 Å². The van der Waals surface area contributed by atoms with Gasteiger partial charge in [0, 0.05) is 32.7 Å². The predicted octanol–water partition coefficient (Wildman–Crippen LogP) is 5.36. The van der Waals surface area contributed by atoms with Crippen molar-refractivity contribution in [1.29, 1.82) is 5.26 Å². The standard InChI is InChI=1S/C26H26ClN3/c27-24-13-7-8-14-25(24)30-19-17-29(18-20-30)16-15-26(21-28,22-9-3-1-4-10-22)23-11-5-2-6-12-23/h1-14H,15-20H2. The molecular weight excluding hydrogens is 390 g/mol. The van der Waals surface area contributed by atoms with Crippen molar-refractivity contribution in [1.82, 2.24) is 4.90 Å². The first-order valence-corrected chi connectivity index (χ1v) is 10.8. The summed E-state index contributed by atoms with van der Waals surface area (Å²) in [7, 11) is 0. The van der Waals surface area contributed by atoms with Gasteiger partial charge in [-0.25, -0.2) is 0 Å². The molecule has 0 unspecified atom stereocenters. The van der Waals surface area contributed by atoms with Crippen molar-refractivity contribution in [3.63, 3.8) is 0 Å². The molecule has 3 nitrogen and oxygen atoms in total. The van der Waals surface area contributed by atoms with Crippen LogP contribution in [0.3, 0.4) is 0 Å². The van der Waals surface area contributed by atoms with Crippen molar-refractivity contribution in [2.24, 2.45) is 0 Å². The molecule has 0 N–H and O–H groups in total. The molecule has 0 radical (unpaired) electrons. The van der Waals surface area contributed by atoms with Crippen LogP contribution < -0.4 is 4.90 Å². The average Bonchev–Trinajstić information content (AvgIpc) is 2.82. The lowest BCUT2D eigenvalue weighted by Crippen LogP contribution is -2.47. The van der Waals surface area contributed by atoms with E-state index in [2.05, 4.69) is 46.2 Å². The molecule has 0 aliphatic carbocycles. The zero-order valence-electron chi connectivity index (χ0n) is 17.0. The molecule has 4 heteroatoms. The molecule has 3 aromatic carbocycles. The molecule has 0 saturated carbocycles. The largest absolute Gasteiger partial charge is 0.368 e. The monoisotopic (exact) mass is 415 g/mol. The lowest BCUT2D eigenvalue weighted by Gasteiger charge is -2.38. The van der Waals surface area contributed by atoms with E-state index in [1.807, 2.05) is 54.6 Å². The third kappa shape index (κ3) is 4.21. The molecule has 1 aliphatic rings. The van der Waals surface area contributed by atoms with E-state index in [0.29, 0.717) is 0 Å². The molecule has 1 fully saturated rings. The first kappa shape index (κ1) is 20.5. The summed E-state index contributed by atoms with van der Waals surface area (Å²) in [6.07, 6.45) is 0.767. The Morgan fingerprint density at radius 3 is 1.83 bits per heavy atom. The summed E-state index contributed by atoms with van der Waals surface area (Å²) in [4.78, 5) is 4.82. The molecule has 1 aliphatic heterocycles. The zero-order valence-corrected chi connectivity index (χ0v) is 17.8. The highest BCUT2D eigenvalue weighted by atomic mass is 35.5. The zero-order chi connectivity index (χ0) is 20.8. The summed E-state index contributed by atoms with van der Waals surface area (Å²) in [5.41, 5.74) is 2.60. The minimum Gasteiger partial charge on any atom is -0.368 e. The summed E-state index contributed by atoms with van der Waals surface area (Å²) in [5, 5.41) is 11.2. The summed E-state index contributed by atoms with van der Waals surface area (Å²) in [6, 6.07) is 31.1. The Kier molecular flexibility index (Phi) is 6.38. The van der Waals surface area contributed by atoms with E-state index in [9.17, 15) is 5.26 Å². The van der Waals surface area contributed by atoms with Gasteiger partial charge in [0.05, 0.1) is 16.8 Å². The molecule has 152 valence electrons. The van der Waals surface area contributed by atoms with Gasteiger partial charge in [0.1, 0.15) is 5.41 Å². The van der Waals surface area contributed by atoms with Gasteiger partial charge in [0.15, 0.2) is 0 Å². The third-order valence-electron chi connectivity index (χ3n) is 6.09. The number of piperazine rings is 1. The third-order valence-corrected chi connectivity index (χ3v) is 6.41. The Bertz CT molecular complexity index is 950. The van der Waals surface area contributed by atoms with Gasteiger partial charge in [0.2, 0.25) is 0 Å². The number of benzene rings is 3. The van der Waals surface area contributed by atoms with Crippen LogP contribution in [0.4, 0.5) is 5.69 Å². The minimum atomic E-state index is -0.637. The second kappa shape index (κ2) is 9.34. The second-order valence-electron chi connectivity index (χ2n) is 7.78. The van der Waals surface area contributed by atoms with Gasteiger partial charge in [-0.15, -0.1) is 0 Å². The van der Waals surface area contributed by atoms with Gasteiger partial charge in [-0.2, -0.15) is 5.26 Å². The molecule has 0 spiro atoms. The van der Waals surface area contributed by atoms with Gasteiger partial charge in [0.25, 0.3) is 0 Å². The van der Waals surface area contributed by atoms with Crippen molar-refractivity contribution in [2.75, 3.05) is 37.6 Å². The van der Waals surface area contributed by atoms with E-state index < -0.39 is 5.41 Å². The Morgan fingerprint density at radius 2 is 1.30 bits per heavy atom. The summed E-state index contributed by atoms with van der Waals surface area (Å²) in [5.74, 6) is 0. The highest BCUT2D eigenvalue weighted by molar-refractivity contribution is 6.33. The van der Waals surface area contributed by atoms with Gasteiger partial charge in [-0.05, 0) is 29.7 Å². The van der Waals surface area contributed by atoms with Crippen molar-refractivity contribution in [2.45, 2.75) is 11.8 Å². The van der Waals surface area contributed by atoms with Crippen LogP contribution in [0.5, 0.6) is 0 Å². The van der Waals surface area contributed by atoms with E-state index in [4.69, 9.17) is 11.6 Å². The fourth-order valence-corrected chi connectivity index (χ4v) is 4.59. The first-order chi connectivity index (χ1) is 14.7. The Labute approximate surface area is 184 Å². The Morgan fingerprint density at radius 1 is 0.767 bits per heavy atom. The smallest absolute Gasteiger partial charge is 0.108 e. The number of halogens is 1. The van der Waals surface area contributed by atoms with E-state index in [0.717, 1.165) is 61.0 Å². The van der Waals surface area contributed by atoms with Crippen molar-refractivity contribution in [3.05, 3.63) is 101 Å². The number of hydrogen-bond donors (Lipinski definition) is 0. The van der Waals surface area contributed by atoms with Gasteiger partial charge < -0.3 is 4.90 Å². The highest BCUT2D eigenvalue weighted by Gasteiger charge is 2.35. The predicted molar refractivity (Wildman–Crippen MR) is 124 cm³/mol. The molecule has 4 rings (SSSR count). The van der Waals surface area contributed by atoms with Gasteiger partial charge >= 0.3 is 0 Å². The number of hydrogen-bond acceptors (Lipinski definition) is 3. The van der Waals surface area contributed by atoms with Gasteiger partial charge in [-0.3, -0.25) is 4.90 Å². The van der Waals surface area contributed by atoms with Crippen LogP contribution in [-0.4, -0.2) is 37.6 Å². The number of nitriles is 1. The lowest BCUT2D eigenvalue weighted by molar-refractivity contribution is 0.244. The van der Waals surface area contributed by atoms with Crippen molar-refractivity contribution in [3.8, 4) is 6.07 Å². The maximum absolute atomic E-state index is 10.3.